The molecule has 1 rings (SSSR count). The Hall–Kier alpha value is -0.700. The average Bonchev–Trinajstić information content (AvgIpc) is 2.15. The molecule has 1 aromatic carbocycles. The molecular weight excluding hydrogens is 233 g/mol. The van der Waals surface area contributed by atoms with Crippen molar-refractivity contribution < 1.29 is 4.74 Å². The van der Waals surface area contributed by atoms with Gasteiger partial charge >= 0.3 is 0 Å². The van der Waals surface area contributed by atoms with Gasteiger partial charge in [-0.05, 0) is 24.6 Å². The van der Waals surface area contributed by atoms with Crippen molar-refractivity contribution in [1.82, 2.24) is 0 Å². The summed E-state index contributed by atoms with van der Waals surface area (Å²) in [7, 11) is 0. The summed E-state index contributed by atoms with van der Waals surface area (Å²) < 4.78 is 5.33. The monoisotopic (exact) mass is 245 g/mol. The van der Waals surface area contributed by atoms with E-state index in [4.69, 9.17) is 33.7 Å². The summed E-state index contributed by atoms with van der Waals surface area (Å²) in [5.74, 6) is 0.586. The van der Waals surface area contributed by atoms with Crippen molar-refractivity contribution in [2.24, 2.45) is 5.73 Å². The maximum Gasteiger partial charge on any atom is 0.138 e. The third-order valence-electron chi connectivity index (χ3n) is 1.87. The molecule has 0 fully saturated rings. The van der Waals surface area contributed by atoms with Gasteiger partial charge in [-0.1, -0.05) is 35.8 Å². The molecule has 0 amide bonds. The minimum Gasteiger partial charge on any atom is -0.486 e. The van der Waals surface area contributed by atoms with Crippen molar-refractivity contribution in [3.05, 3.63) is 40.4 Å². The molecule has 0 saturated heterocycles. The Bertz CT molecular complexity index is 364. The number of hydrogen-bond donors (Lipinski definition) is 1. The Kier molecular flexibility index (Phi) is 4.45. The molecule has 4 heteroatoms. The molecule has 1 aromatic rings. The number of nitrogens with two attached hydrogens (primary N) is 1. The van der Waals surface area contributed by atoms with Gasteiger partial charge in [0.25, 0.3) is 0 Å². The lowest BCUT2D eigenvalue weighted by Crippen LogP contribution is -2.05. The fourth-order valence-electron chi connectivity index (χ4n) is 1.07. The summed E-state index contributed by atoms with van der Waals surface area (Å²) in [6, 6.07) is 5.40. The summed E-state index contributed by atoms with van der Waals surface area (Å²) in [4.78, 5) is 0. The molecule has 0 spiro atoms. The molecule has 1 atom stereocenters. The van der Waals surface area contributed by atoms with Gasteiger partial charge in [0.15, 0.2) is 0 Å². The third-order valence-corrected chi connectivity index (χ3v) is 2.27. The summed E-state index contributed by atoms with van der Waals surface area (Å²) in [5, 5.41) is 0.963. The lowest BCUT2D eigenvalue weighted by molar-refractivity contribution is 0.359. The maximum absolute atomic E-state index is 6.00. The first kappa shape index (κ1) is 12.4. The van der Waals surface area contributed by atoms with E-state index in [1.54, 1.807) is 12.1 Å². The lowest BCUT2D eigenvalue weighted by Gasteiger charge is -2.10. The predicted molar refractivity (Wildman–Crippen MR) is 64.5 cm³/mol. The minimum atomic E-state index is -0.0421. The predicted octanol–water partition coefficient (Wildman–Crippen LogP) is 3.49. The molecular formula is C11H13Cl2NO. The highest BCUT2D eigenvalue weighted by Gasteiger charge is 2.05. The van der Waals surface area contributed by atoms with E-state index < -0.39 is 0 Å². The SMILES string of the molecule is C=C(Cl)COc1ccc(C(C)N)cc1Cl. The van der Waals surface area contributed by atoms with E-state index in [2.05, 4.69) is 6.58 Å². The molecule has 0 saturated carbocycles. The van der Waals surface area contributed by atoms with Crippen molar-refractivity contribution in [3.63, 3.8) is 0 Å². The van der Waals surface area contributed by atoms with Gasteiger partial charge in [-0.3, -0.25) is 0 Å². The Labute approximate surface area is 99.6 Å². The molecule has 0 aliphatic rings. The smallest absolute Gasteiger partial charge is 0.138 e. The quantitative estimate of drug-likeness (QED) is 0.882. The van der Waals surface area contributed by atoms with Crippen molar-refractivity contribution in [1.29, 1.82) is 0 Å². The summed E-state index contributed by atoms with van der Waals surface area (Å²) in [6.45, 7) is 5.67. The van der Waals surface area contributed by atoms with Gasteiger partial charge < -0.3 is 10.5 Å². The van der Waals surface area contributed by atoms with Crippen LogP contribution in [0.2, 0.25) is 5.02 Å². The lowest BCUT2D eigenvalue weighted by atomic mass is 10.1. The zero-order chi connectivity index (χ0) is 11.4. The van der Waals surface area contributed by atoms with Gasteiger partial charge in [-0.15, -0.1) is 0 Å². The first-order chi connectivity index (χ1) is 7.00. The number of hydrogen-bond acceptors (Lipinski definition) is 2. The van der Waals surface area contributed by atoms with Crippen LogP contribution in [0, 0.1) is 0 Å². The molecule has 2 nitrogen and oxygen atoms in total. The maximum atomic E-state index is 6.00. The number of halogens is 2. The molecule has 0 heterocycles. The van der Waals surface area contributed by atoms with Crippen LogP contribution in [0.4, 0.5) is 0 Å². The topological polar surface area (TPSA) is 35.2 Å². The Morgan fingerprint density at radius 1 is 1.60 bits per heavy atom. The summed E-state index contributed by atoms with van der Waals surface area (Å²) in [5.41, 5.74) is 6.69. The average molecular weight is 246 g/mol. The first-order valence-corrected chi connectivity index (χ1v) is 5.27. The van der Waals surface area contributed by atoms with E-state index in [1.807, 2.05) is 13.0 Å². The Morgan fingerprint density at radius 2 is 2.27 bits per heavy atom. The van der Waals surface area contributed by atoms with Crippen LogP contribution < -0.4 is 10.5 Å². The zero-order valence-electron chi connectivity index (χ0n) is 8.47. The second kappa shape index (κ2) is 5.40. The van der Waals surface area contributed by atoms with Gasteiger partial charge in [-0.2, -0.15) is 0 Å². The van der Waals surface area contributed by atoms with Crippen LogP contribution in [-0.2, 0) is 0 Å². The van der Waals surface area contributed by atoms with Gasteiger partial charge in [0.2, 0.25) is 0 Å². The first-order valence-electron chi connectivity index (χ1n) is 4.52. The molecule has 0 aliphatic heterocycles. The molecule has 15 heavy (non-hydrogen) atoms. The fourth-order valence-corrected chi connectivity index (χ4v) is 1.37. The summed E-state index contributed by atoms with van der Waals surface area (Å²) in [6.07, 6.45) is 0. The third kappa shape index (κ3) is 3.74. The van der Waals surface area contributed by atoms with Gasteiger partial charge in [-0.25, -0.2) is 0 Å². The molecule has 0 aliphatic carbocycles. The van der Waals surface area contributed by atoms with Crippen molar-refractivity contribution >= 4 is 23.2 Å². The standard InChI is InChI=1S/C11H13Cl2NO/c1-7(12)6-15-11-4-3-9(8(2)14)5-10(11)13/h3-5,8H,1,6,14H2,2H3. The summed E-state index contributed by atoms with van der Waals surface area (Å²) >= 11 is 11.6. The highest BCUT2D eigenvalue weighted by atomic mass is 35.5. The normalized spacial score (nSPS) is 12.3. The fraction of sp³-hybridized carbons (Fsp3) is 0.273. The van der Waals surface area contributed by atoms with Crippen LogP contribution in [-0.4, -0.2) is 6.61 Å². The van der Waals surface area contributed by atoms with Crippen LogP contribution in [0.3, 0.4) is 0 Å². The van der Waals surface area contributed by atoms with Crippen molar-refractivity contribution in [2.45, 2.75) is 13.0 Å². The van der Waals surface area contributed by atoms with E-state index in [0.717, 1.165) is 5.56 Å². The molecule has 0 bridgehead atoms. The van der Waals surface area contributed by atoms with E-state index in [0.29, 0.717) is 15.8 Å². The minimum absolute atomic E-state index is 0.0421. The Balaban J connectivity index is 2.79. The van der Waals surface area contributed by atoms with Crippen molar-refractivity contribution in [3.8, 4) is 5.75 Å². The molecule has 0 aromatic heterocycles. The van der Waals surface area contributed by atoms with E-state index >= 15 is 0 Å². The molecule has 1 unspecified atom stereocenters. The zero-order valence-corrected chi connectivity index (χ0v) is 9.98. The van der Waals surface area contributed by atoms with Crippen LogP contribution >= 0.6 is 23.2 Å². The van der Waals surface area contributed by atoms with E-state index in [1.165, 1.54) is 0 Å². The van der Waals surface area contributed by atoms with E-state index in [-0.39, 0.29) is 12.6 Å². The van der Waals surface area contributed by atoms with Crippen LogP contribution in [0.1, 0.15) is 18.5 Å². The largest absolute Gasteiger partial charge is 0.486 e. The molecule has 82 valence electrons. The van der Waals surface area contributed by atoms with Crippen molar-refractivity contribution in [2.75, 3.05) is 6.61 Å². The second-order valence-electron chi connectivity index (χ2n) is 3.28. The number of ether oxygens (including phenoxy) is 1. The van der Waals surface area contributed by atoms with E-state index in [9.17, 15) is 0 Å². The number of benzene rings is 1. The van der Waals surface area contributed by atoms with Gasteiger partial charge in [0.1, 0.15) is 12.4 Å². The van der Waals surface area contributed by atoms with Crippen LogP contribution in [0.5, 0.6) is 5.75 Å². The molecule has 0 radical (unpaired) electrons. The molecule has 2 N–H and O–H groups in total. The second-order valence-corrected chi connectivity index (χ2v) is 4.23. The van der Waals surface area contributed by atoms with Crippen LogP contribution in [0.25, 0.3) is 0 Å². The van der Waals surface area contributed by atoms with Crippen LogP contribution in [0.15, 0.2) is 29.8 Å². The van der Waals surface area contributed by atoms with Gasteiger partial charge in [0, 0.05) is 11.1 Å². The highest BCUT2D eigenvalue weighted by Crippen LogP contribution is 2.27. The highest BCUT2D eigenvalue weighted by molar-refractivity contribution is 6.32. The number of rotatable bonds is 4. The van der Waals surface area contributed by atoms with Gasteiger partial charge in [0.05, 0.1) is 5.02 Å². The Morgan fingerprint density at radius 3 is 2.73 bits per heavy atom.